The molecule has 6 heteroatoms. The van der Waals surface area contributed by atoms with Gasteiger partial charge in [-0.25, -0.2) is 8.42 Å². The van der Waals surface area contributed by atoms with E-state index in [9.17, 15) is 8.42 Å². The van der Waals surface area contributed by atoms with Crippen LogP contribution in [0.1, 0.15) is 32.6 Å². The summed E-state index contributed by atoms with van der Waals surface area (Å²) in [6, 6.07) is 8.34. The van der Waals surface area contributed by atoms with Gasteiger partial charge in [-0.2, -0.15) is 0 Å². The maximum Gasteiger partial charge on any atom is 0.229 e. The Morgan fingerprint density at radius 2 is 1.90 bits per heavy atom. The molecule has 0 spiro atoms. The maximum absolute atomic E-state index is 11.2. The maximum atomic E-state index is 11.2. The van der Waals surface area contributed by atoms with Crippen molar-refractivity contribution in [1.29, 1.82) is 0 Å². The number of hydrogen-bond donors (Lipinski definition) is 3. The quantitative estimate of drug-likeness (QED) is 0.754. The van der Waals surface area contributed by atoms with Crippen LogP contribution in [0.25, 0.3) is 0 Å². The molecule has 2 rings (SSSR count). The van der Waals surface area contributed by atoms with Crippen LogP contribution in [0, 0.1) is 0 Å². The van der Waals surface area contributed by atoms with Crippen LogP contribution in [0.5, 0.6) is 0 Å². The molecule has 2 unspecified atom stereocenters. The highest BCUT2D eigenvalue weighted by Crippen LogP contribution is 2.18. The molecule has 2 atom stereocenters. The third-order valence-corrected chi connectivity index (χ3v) is 4.26. The Balaban J connectivity index is 1.84. The fourth-order valence-electron chi connectivity index (χ4n) is 2.74. The van der Waals surface area contributed by atoms with Crippen LogP contribution in [0.4, 0.5) is 11.4 Å². The largest absolute Gasteiger partial charge is 0.383 e. The molecule has 118 valence electrons. The molecular formula is C15H25N3O2S. The highest BCUT2D eigenvalue weighted by Gasteiger charge is 2.15. The summed E-state index contributed by atoms with van der Waals surface area (Å²) >= 11 is 0. The Labute approximate surface area is 127 Å². The molecule has 1 aromatic carbocycles. The van der Waals surface area contributed by atoms with Crippen LogP contribution in [0.2, 0.25) is 0 Å². The van der Waals surface area contributed by atoms with Crippen LogP contribution >= 0.6 is 0 Å². The van der Waals surface area contributed by atoms with Crippen molar-refractivity contribution in [1.82, 2.24) is 5.32 Å². The summed E-state index contributed by atoms with van der Waals surface area (Å²) in [5.74, 6) is 0. The molecule has 1 saturated heterocycles. The number of piperidine rings is 1. The van der Waals surface area contributed by atoms with E-state index in [1.807, 2.05) is 12.1 Å². The minimum atomic E-state index is -3.21. The van der Waals surface area contributed by atoms with Gasteiger partial charge in [-0.05, 0) is 57.0 Å². The van der Waals surface area contributed by atoms with Crippen molar-refractivity contribution in [3.05, 3.63) is 24.3 Å². The molecule has 0 radical (unpaired) electrons. The van der Waals surface area contributed by atoms with Gasteiger partial charge in [-0.1, -0.05) is 6.42 Å². The normalized spacial score (nSPS) is 20.8. The van der Waals surface area contributed by atoms with Gasteiger partial charge in [0.1, 0.15) is 0 Å². The summed E-state index contributed by atoms with van der Waals surface area (Å²) < 4.78 is 24.8. The van der Waals surface area contributed by atoms with Gasteiger partial charge in [0.25, 0.3) is 0 Å². The van der Waals surface area contributed by atoms with Gasteiger partial charge in [0, 0.05) is 23.5 Å². The molecule has 1 fully saturated rings. The van der Waals surface area contributed by atoms with Crippen molar-refractivity contribution in [3.8, 4) is 0 Å². The fraction of sp³-hybridized carbons (Fsp3) is 0.600. The minimum Gasteiger partial charge on any atom is -0.383 e. The van der Waals surface area contributed by atoms with Crippen molar-refractivity contribution >= 4 is 21.4 Å². The minimum absolute atomic E-state index is 0.384. The van der Waals surface area contributed by atoms with E-state index >= 15 is 0 Å². The van der Waals surface area contributed by atoms with Crippen LogP contribution in [-0.4, -0.2) is 33.3 Å². The second-order valence-electron chi connectivity index (χ2n) is 5.88. The molecular weight excluding hydrogens is 286 g/mol. The molecule has 0 saturated carbocycles. The molecule has 5 nitrogen and oxygen atoms in total. The summed E-state index contributed by atoms with van der Waals surface area (Å²) in [5.41, 5.74) is 1.60. The summed E-state index contributed by atoms with van der Waals surface area (Å²) in [6.07, 6.45) is 6.11. The zero-order valence-electron chi connectivity index (χ0n) is 12.7. The summed E-state index contributed by atoms with van der Waals surface area (Å²) in [5, 5.41) is 7.02. The van der Waals surface area contributed by atoms with Gasteiger partial charge >= 0.3 is 0 Å². The van der Waals surface area contributed by atoms with Gasteiger partial charge in [0.05, 0.1) is 6.26 Å². The lowest BCUT2D eigenvalue weighted by molar-refractivity contribution is 0.371. The predicted molar refractivity (Wildman–Crippen MR) is 88.3 cm³/mol. The van der Waals surface area contributed by atoms with E-state index in [-0.39, 0.29) is 0 Å². The SMILES string of the molecule is CC(CC1CCCCN1)Nc1ccc(NS(C)(=O)=O)cc1. The molecule has 1 aromatic rings. The average Bonchev–Trinajstić information content (AvgIpc) is 2.40. The number of rotatable bonds is 6. The first-order chi connectivity index (χ1) is 9.92. The Bertz CT molecular complexity index is 537. The number of sulfonamides is 1. The Morgan fingerprint density at radius 3 is 2.48 bits per heavy atom. The lowest BCUT2D eigenvalue weighted by atomic mass is 9.98. The van der Waals surface area contributed by atoms with Gasteiger partial charge < -0.3 is 10.6 Å². The lowest BCUT2D eigenvalue weighted by Gasteiger charge is -2.27. The molecule has 0 aromatic heterocycles. The monoisotopic (exact) mass is 311 g/mol. The molecule has 3 N–H and O–H groups in total. The van der Waals surface area contributed by atoms with E-state index in [2.05, 4.69) is 22.3 Å². The van der Waals surface area contributed by atoms with Crippen molar-refractivity contribution in [2.45, 2.75) is 44.7 Å². The van der Waals surface area contributed by atoms with Crippen LogP contribution < -0.4 is 15.4 Å². The Kier molecular flexibility index (Phi) is 5.47. The summed E-state index contributed by atoms with van der Waals surface area (Å²) in [6.45, 7) is 3.31. The number of anilines is 2. The van der Waals surface area contributed by atoms with Crippen LogP contribution in [-0.2, 0) is 10.0 Å². The topological polar surface area (TPSA) is 70.2 Å². The zero-order valence-corrected chi connectivity index (χ0v) is 13.5. The summed E-state index contributed by atoms with van der Waals surface area (Å²) in [7, 11) is -3.21. The first-order valence-electron chi connectivity index (χ1n) is 7.50. The Morgan fingerprint density at radius 1 is 1.24 bits per heavy atom. The van der Waals surface area contributed by atoms with E-state index in [1.165, 1.54) is 19.3 Å². The van der Waals surface area contributed by atoms with Gasteiger partial charge in [0.15, 0.2) is 0 Å². The molecule has 0 bridgehead atoms. The zero-order chi connectivity index (χ0) is 15.3. The molecule has 1 aliphatic heterocycles. The summed E-state index contributed by atoms with van der Waals surface area (Å²) in [4.78, 5) is 0. The van der Waals surface area contributed by atoms with E-state index in [0.717, 1.165) is 24.9 Å². The van der Waals surface area contributed by atoms with Gasteiger partial charge in [-0.15, -0.1) is 0 Å². The molecule has 0 amide bonds. The van der Waals surface area contributed by atoms with Crippen LogP contribution in [0.15, 0.2) is 24.3 Å². The van der Waals surface area contributed by atoms with Crippen molar-refractivity contribution in [2.75, 3.05) is 22.8 Å². The van der Waals surface area contributed by atoms with Crippen molar-refractivity contribution < 1.29 is 8.42 Å². The highest BCUT2D eigenvalue weighted by molar-refractivity contribution is 7.92. The van der Waals surface area contributed by atoms with E-state index in [4.69, 9.17) is 0 Å². The first kappa shape index (κ1) is 16.1. The average molecular weight is 311 g/mol. The standard InChI is InChI=1S/C15H25N3O2S/c1-12(11-15-5-3-4-10-16-15)17-13-6-8-14(9-7-13)18-21(2,19)20/h6-9,12,15-18H,3-5,10-11H2,1-2H3. The van der Waals surface area contributed by atoms with Crippen molar-refractivity contribution in [2.24, 2.45) is 0 Å². The Hall–Kier alpha value is -1.27. The molecule has 21 heavy (non-hydrogen) atoms. The first-order valence-corrected chi connectivity index (χ1v) is 9.39. The molecule has 1 heterocycles. The van der Waals surface area contributed by atoms with E-state index in [0.29, 0.717) is 17.8 Å². The third kappa shape index (κ3) is 5.93. The number of nitrogens with one attached hydrogen (secondary N) is 3. The van der Waals surface area contributed by atoms with Crippen LogP contribution in [0.3, 0.4) is 0 Å². The smallest absolute Gasteiger partial charge is 0.229 e. The third-order valence-electron chi connectivity index (χ3n) is 3.65. The van der Waals surface area contributed by atoms with Gasteiger partial charge in [0.2, 0.25) is 10.0 Å². The van der Waals surface area contributed by atoms with E-state index < -0.39 is 10.0 Å². The van der Waals surface area contributed by atoms with Gasteiger partial charge in [-0.3, -0.25) is 4.72 Å². The molecule has 0 aliphatic carbocycles. The molecule has 1 aliphatic rings. The highest BCUT2D eigenvalue weighted by atomic mass is 32.2. The number of hydrogen-bond acceptors (Lipinski definition) is 4. The fourth-order valence-corrected chi connectivity index (χ4v) is 3.31. The van der Waals surface area contributed by atoms with E-state index in [1.54, 1.807) is 12.1 Å². The van der Waals surface area contributed by atoms with Crippen molar-refractivity contribution in [3.63, 3.8) is 0 Å². The predicted octanol–water partition coefficient (Wildman–Crippen LogP) is 2.39. The second-order valence-corrected chi connectivity index (χ2v) is 7.63. The number of benzene rings is 1. The second kappa shape index (κ2) is 7.13. The lowest BCUT2D eigenvalue weighted by Crippen LogP contribution is -2.37.